The summed E-state index contributed by atoms with van der Waals surface area (Å²) in [5.74, 6) is 3.98. The molecule has 0 spiro atoms. The standard InChI is InChI=1S/C25H38O2/c1-17(8-13-23(26)27-4)20-11-12-21-19-10-9-18-7-5-6-15-24(18,2)22(19)14-16-25(20,21)3/h5,7,9,17,19-22H,6,8,10-16H2,1-4H3/t17-,19+,20-,21+,22+,24+,25-/m1/s1. The van der Waals surface area contributed by atoms with Gasteiger partial charge in [0, 0.05) is 6.42 Å². The van der Waals surface area contributed by atoms with Gasteiger partial charge in [-0.15, -0.1) is 0 Å². The summed E-state index contributed by atoms with van der Waals surface area (Å²) in [6, 6.07) is 0. The molecule has 0 aromatic heterocycles. The van der Waals surface area contributed by atoms with E-state index < -0.39 is 0 Å². The van der Waals surface area contributed by atoms with Crippen LogP contribution in [0.3, 0.4) is 0 Å². The van der Waals surface area contributed by atoms with Gasteiger partial charge in [0.1, 0.15) is 0 Å². The Morgan fingerprint density at radius 2 is 2.04 bits per heavy atom. The van der Waals surface area contributed by atoms with Crippen LogP contribution in [0.4, 0.5) is 0 Å². The van der Waals surface area contributed by atoms with Gasteiger partial charge in [0.2, 0.25) is 0 Å². The first kappa shape index (κ1) is 19.3. The van der Waals surface area contributed by atoms with E-state index in [9.17, 15) is 4.79 Å². The molecule has 0 unspecified atom stereocenters. The van der Waals surface area contributed by atoms with Crippen molar-refractivity contribution in [3.05, 3.63) is 23.8 Å². The van der Waals surface area contributed by atoms with Gasteiger partial charge in [-0.3, -0.25) is 4.79 Å². The number of ether oxygens (including phenoxy) is 1. The van der Waals surface area contributed by atoms with Crippen molar-refractivity contribution >= 4 is 5.97 Å². The first-order valence-electron chi connectivity index (χ1n) is 11.3. The highest BCUT2D eigenvalue weighted by Crippen LogP contribution is 2.66. The number of carbonyl (C=O) groups excluding carboxylic acids is 1. The largest absolute Gasteiger partial charge is 0.469 e. The van der Waals surface area contributed by atoms with E-state index in [4.69, 9.17) is 4.74 Å². The molecule has 27 heavy (non-hydrogen) atoms. The fourth-order valence-corrected chi connectivity index (χ4v) is 7.92. The van der Waals surface area contributed by atoms with Crippen LogP contribution >= 0.6 is 0 Å². The zero-order valence-corrected chi connectivity index (χ0v) is 17.8. The molecule has 0 aromatic rings. The number of allylic oxidation sites excluding steroid dienone is 4. The third-order valence-corrected chi connectivity index (χ3v) is 9.44. The van der Waals surface area contributed by atoms with Crippen molar-refractivity contribution < 1.29 is 9.53 Å². The molecule has 0 aliphatic heterocycles. The van der Waals surface area contributed by atoms with E-state index in [2.05, 4.69) is 39.0 Å². The molecule has 4 rings (SSSR count). The molecule has 0 bridgehead atoms. The minimum Gasteiger partial charge on any atom is -0.469 e. The highest BCUT2D eigenvalue weighted by Gasteiger charge is 2.58. The van der Waals surface area contributed by atoms with E-state index in [0.29, 0.717) is 23.2 Å². The number of fused-ring (bicyclic) bond motifs is 5. The topological polar surface area (TPSA) is 26.3 Å². The molecule has 2 fully saturated rings. The Bertz CT molecular complexity index is 647. The van der Waals surface area contributed by atoms with Crippen LogP contribution in [0.25, 0.3) is 0 Å². The molecule has 0 amide bonds. The average molecular weight is 371 g/mol. The maximum absolute atomic E-state index is 11.6. The first-order chi connectivity index (χ1) is 12.9. The molecule has 2 nitrogen and oxygen atoms in total. The number of esters is 1. The van der Waals surface area contributed by atoms with Gasteiger partial charge in [-0.1, -0.05) is 39.0 Å². The van der Waals surface area contributed by atoms with Crippen molar-refractivity contribution in [2.24, 2.45) is 40.4 Å². The Morgan fingerprint density at radius 3 is 2.81 bits per heavy atom. The Morgan fingerprint density at radius 1 is 1.22 bits per heavy atom. The van der Waals surface area contributed by atoms with Crippen LogP contribution in [-0.2, 0) is 9.53 Å². The van der Waals surface area contributed by atoms with Crippen molar-refractivity contribution in [2.45, 2.75) is 78.6 Å². The van der Waals surface area contributed by atoms with Crippen LogP contribution in [0, 0.1) is 40.4 Å². The second kappa shape index (κ2) is 7.08. The van der Waals surface area contributed by atoms with Crippen LogP contribution in [0.1, 0.15) is 78.6 Å². The summed E-state index contributed by atoms with van der Waals surface area (Å²) in [7, 11) is 1.51. The highest BCUT2D eigenvalue weighted by atomic mass is 16.5. The van der Waals surface area contributed by atoms with Crippen molar-refractivity contribution in [2.75, 3.05) is 7.11 Å². The second-order valence-corrected chi connectivity index (χ2v) is 10.5. The van der Waals surface area contributed by atoms with Gasteiger partial charge in [0.05, 0.1) is 7.11 Å². The maximum Gasteiger partial charge on any atom is 0.305 e. The van der Waals surface area contributed by atoms with Gasteiger partial charge in [-0.05, 0) is 97.4 Å². The fraction of sp³-hybridized carbons (Fsp3) is 0.800. The molecule has 0 N–H and O–H groups in total. The Labute approximate surface area is 165 Å². The van der Waals surface area contributed by atoms with Gasteiger partial charge in [0.25, 0.3) is 0 Å². The molecule has 0 aromatic carbocycles. The van der Waals surface area contributed by atoms with Gasteiger partial charge < -0.3 is 4.74 Å². The molecular formula is C25H38O2. The number of hydrogen-bond acceptors (Lipinski definition) is 2. The third kappa shape index (κ3) is 3.02. The van der Waals surface area contributed by atoms with Gasteiger partial charge in [0.15, 0.2) is 0 Å². The SMILES string of the molecule is COC(=O)CC[C@@H](C)[C@H]1CC[C@H]2[C@@H]3CC=C4C=CCC[C@]4(C)[C@H]3CC[C@]12C. The predicted octanol–water partition coefficient (Wildman–Crippen LogP) is 6.32. The van der Waals surface area contributed by atoms with Crippen LogP contribution in [0.2, 0.25) is 0 Å². The molecule has 0 radical (unpaired) electrons. The molecule has 150 valence electrons. The zero-order valence-electron chi connectivity index (χ0n) is 17.8. The van der Waals surface area contributed by atoms with Crippen molar-refractivity contribution in [1.29, 1.82) is 0 Å². The molecule has 4 aliphatic carbocycles. The summed E-state index contributed by atoms with van der Waals surface area (Å²) in [4.78, 5) is 11.6. The summed E-state index contributed by atoms with van der Waals surface area (Å²) in [6.07, 6.45) is 18.4. The molecule has 7 atom stereocenters. The summed E-state index contributed by atoms with van der Waals surface area (Å²) in [5.41, 5.74) is 2.54. The van der Waals surface area contributed by atoms with Crippen LogP contribution < -0.4 is 0 Å². The van der Waals surface area contributed by atoms with Crippen LogP contribution in [-0.4, -0.2) is 13.1 Å². The zero-order chi connectivity index (χ0) is 19.2. The van der Waals surface area contributed by atoms with E-state index in [1.807, 2.05) is 0 Å². The van der Waals surface area contributed by atoms with Crippen LogP contribution in [0.15, 0.2) is 23.8 Å². The fourth-order valence-electron chi connectivity index (χ4n) is 7.92. The number of rotatable bonds is 4. The summed E-state index contributed by atoms with van der Waals surface area (Å²) >= 11 is 0. The normalized spacial score (nSPS) is 43.9. The van der Waals surface area contributed by atoms with Gasteiger partial charge in [-0.2, -0.15) is 0 Å². The van der Waals surface area contributed by atoms with Gasteiger partial charge >= 0.3 is 5.97 Å². The van der Waals surface area contributed by atoms with Crippen molar-refractivity contribution in [1.82, 2.24) is 0 Å². The lowest BCUT2D eigenvalue weighted by molar-refractivity contribution is -0.141. The lowest BCUT2D eigenvalue weighted by Crippen LogP contribution is -2.49. The average Bonchev–Trinajstić information content (AvgIpc) is 3.02. The molecule has 2 heteroatoms. The summed E-state index contributed by atoms with van der Waals surface area (Å²) in [5, 5.41) is 0. The van der Waals surface area contributed by atoms with E-state index >= 15 is 0 Å². The molecular weight excluding hydrogens is 332 g/mol. The molecule has 0 saturated heterocycles. The van der Waals surface area contributed by atoms with E-state index in [1.54, 1.807) is 5.57 Å². The number of hydrogen-bond donors (Lipinski definition) is 0. The summed E-state index contributed by atoms with van der Waals surface area (Å²) in [6.45, 7) is 7.55. The Balaban J connectivity index is 1.52. The minimum atomic E-state index is -0.0477. The number of carbonyl (C=O) groups is 1. The minimum absolute atomic E-state index is 0.0477. The van der Waals surface area contributed by atoms with Gasteiger partial charge in [-0.25, -0.2) is 0 Å². The first-order valence-corrected chi connectivity index (χ1v) is 11.3. The Kier molecular flexibility index (Phi) is 5.06. The maximum atomic E-state index is 11.6. The lowest BCUT2D eigenvalue weighted by Gasteiger charge is -2.57. The lowest BCUT2D eigenvalue weighted by atomic mass is 9.47. The Hall–Kier alpha value is -1.05. The second-order valence-electron chi connectivity index (χ2n) is 10.5. The van der Waals surface area contributed by atoms with Crippen molar-refractivity contribution in [3.63, 3.8) is 0 Å². The number of methoxy groups -OCH3 is 1. The van der Waals surface area contributed by atoms with E-state index in [0.717, 1.165) is 30.1 Å². The van der Waals surface area contributed by atoms with E-state index in [-0.39, 0.29) is 5.97 Å². The smallest absolute Gasteiger partial charge is 0.305 e. The summed E-state index contributed by atoms with van der Waals surface area (Å²) < 4.78 is 4.88. The predicted molar refractivity (Wildman–Crippen MR) is 110 cm³/mol. The van der Waals surface area contributed by atoms with Crippen molar-refractivity contribution in [3.8, 4) is 0 Å². The molecule has 2 saturated carbocycles. The third-order valence-electron chi connectivity index (χ3n) is 9.44. The van der Waals surface area contributed by atoms with Crippen LogP contribution in [0.5, 0.6) is 0 Å². The molecule has 4 aliphatic rings. The monoisotopic (exact) mass is 370 g/mol. The molecule has 0 heterocycles. The van der Waals surface area contributed by atoms with E-state index in [1.165, 1.54) is 52.1 Å². The highest BCUT2D eigenvalue weighted by molar-refractivity contribution is 5.69. The quantitative estimate of drug-likeness (QED) is 0.541.